The second kappa shape index (κ2) is 5.89. The zero-order valence-electron chi connectivity index (χ0n) is 14.3. The number of aryl methyl sites for hydroxylation is 3. The maximum Gasteiger partial charge on any atom is 0.334 e. The van der Waals surface area contributed by atoms with Crippen molar-refractivity contribution in [2.45, 2.75) is 39.0 Å². The average molecular weight is 383 g/mol. The van der Waals surface area contributed by atoms with Crippen LogP contribution in [0.25, 0.3) is 26.1 Å². The quantitative estimate of drug-likeness (QED) is 0.507. The molecule has 0 unspecified atom stereocenters. The summed E-state index contributed by atoms with van der Waals surface area (Å²) in [6.07, 6.45) is 5.36. The molecule has 0 spiro atoms. The first-order valence-corrected chi connectivity index (χ1v) is 10.4. The number of rotatable bonds is 1. The fourth-order valence-corrected chi connectivity index (χ4v) is 5.90. The summed E-state index contributed by atoms with van der Waals surface area (Å²) in [5.41, 5.74) is 1.94. The number of aromatic amines is 1. The van der Waals surface area contributed by atoms with Crippen molar-refractivity contribution < 1.29 is 0 Å². The fraction of sp³-hybridized carbons (Fsp3) is 0.316. The van der Waals surface area contributed by atoms with Gasteiger partial charge in [0, 0.05) is 4.88 Å². The van der Waals surface area contributed by atoms with Crippen LogP contribution < -0.4 is 11.2 Å². The lowest BCUT2D eigenvalue weighted by Gasteiger charge is -2.06. The third kappa shape index (κ3) is 2.38. The second-order valence-electron chi connectivity index (χ2n) is 6.72. The Morgan fingerprint density at radius 2 is 1.96 bits per heavy atom. The smallest absolute Gasteiger partial charge is 0.298 e. The van der Waals surface area contributed by atoms with E-state index >= 15 is 0 Å². The summed E-state index contributed by atoms with van der Waals surface area (Å²) in [5.74, 6) is 0. The van der Waals surface area contributed by atoms with Crippen molar-refractivity contribution in [1.29, 1.82) is 0 Å². The van der Waals surface area contributed by atoms with E-state index in [0.29, 0.717) is 15.9 Å². The fourth-order valence-electron chi connectivity index (χ4n) is 3.82. The first kappa shape index (κ1) is 16.0. The van der Waals surface area contributed by atoms with E-state index in [0.717, 1.165) is 46.5 Å². The Kier molecular flexibility index (Phi) is 3.62. The van der Waals surface area contributed by atoms with Crippen LogP contribution in [0.4, 0.5) is 0 Å². The van der Waals surface area contributed by atoms with Gasteiger partial charge in [-0.15, -0.1) is 22.7 Å². The van der Waals surface area contributed by atoms with Crippen molar-refractivity contribution in [3.63, 3.8) is 0 Å². The van der Waals surface area contributed by atoms with Crippen LogP contribution in [0, 0.1) is 6.92 Å². The number of thiophene rings is 1. The highest BCUT2D eigenvalue weighted by Gasteiger charge is 2.20. The Labute approximate surface area is 157 Å². The molecule has 5 nitrogen and oxygen atoms in total. The lowest BCUT2D eigenvalue weighted by Crippen LogP contribution is -2.33. The summed E-state index contributed by atoms with van der Waals surface area (Å²) in [4.78, 5) is 35.3. The Morgan fingerprint density at radius 3 is 2.85 bits per heavy atom. The Balaban J connectivity index is 1.80. The first-order valence-electron chi connectivity index (χ1n) is 8.79. The highest BCUT2D eigenvalue weighted by atomic mass is 32.1. The SMILES string of the molecule is Cc1nc2cc(-n3c(=O)[nH]c4sc5c(c4c3=O)CCCCC5)ccc2s1. The van der Waals surface area contributed by atoms with E-state index in [2.05, 4.69) is 9.97 Å². The van der Waals surface area contributed by atoms with Gasteiger partial charge in [0.2, 0.25) is 0 Å². The van der Waals surface area contributed by atoms with Crippen LogP contribution in [0.5, 0.6) is 0 Å². The first-order chi connectivity index (χ1) is 12.6. The number of H-pyrrole nitrogens is 1. The van der Waals surface area contributed by atoms with Crippen molar-refractivity contribution in [3.8, 4) is 5.69 Å². The van der Waals surface area contributed by atoms with Gasteiger partial charge in [-0.1, -0.05) is 6.42 Å². The molecule has 1 aliphatic rings. The minimum Gasteiger partial charge on any atom is -0.298 e. The molecule has 4 aromatic rings. The molecule has 3 heterocycles. The number of thiazole rings is 1. The molecule has 7 heteroatoms. The van der Waals surface area contributed by atoms with Crippen LogP contribution in [-0.2, 0) is 12.8 Å². The van der Waals surface area contributed by atoms with Gasteiger partial charge in [-0.2, -0.15) is 0 Å². The van der Waals surface area contributed by atoms with Gasteiger partial charge in [0.15, 0.2) is 0 Å². The number of nitrogens with zero attached hydrogens (tertiary/aromatic N) is 2. The number of fused-ring (bicyclic) bond motifs is 4. The maximum atomic E-state index is 13.3. The second-order valence-corrected chi connectivity index (χ2v) is 9.06. The number of hydrogen-bond acceptors (Lipinski definition) is 5. The van der Waals surface area contributed by atoms with Crippen molar-refractivity contribution >= 4 is 43.1 Å². The minimum absolute atomic E-state index is 0.213. The van der Waals surface area contributed by atoms with Crippen LogP contribution in [0.1, 0.15) is 34.7 Å². The molecule has 0 amide bonds. The zero-order chi connectivity index (χ0) is 17.8. The average Bonchev–Trinajstić information content (AvgIpc) is 3.05. The summed E-state index contributed by atoms with van der Waals surface area (Å²) in [6, 6.07) is 5.58. The van der Waals surface area contributed by atoms with Gasteiger partial charge in [0.1, 0.15) is 4.83 Å². The molecular formula is C19H17N3O2S2. The third-order valence-corrected chi connectivity index (χ3v) is 7.16. The van der Waals surface area contributed by atoms with E-state index in [1.807, 2.05) is 25.1 Å². The molecule has 132 valence electrons. The van der Waals surface area contributed by atoms with Crippen LogP contribution in [-0.4, -0.2) is 14.5 Å². The van der Waals surface area contributed by atoms with Crippen LogP contribution >= 0.6 is 22.7 Å². The molecule has 1 aliphatic carbocycles. The lowest BCUT2D eigenvalue weighted by molar-refractivity contribution is 0.713. The summed E-state index contributed by atoms with van der Waals surface area (Å²) in [6.45, 7) is 1.95. The molecule has 3 aromatic heterocycles. The van der Waals surface area contributed by atoms with Gasteiger partial charge in [0.25, 0.3) is 5.56 Å². The highest BCUT2D eigenvalue weighted by Crippen LogP contribution is 2.32. The molecule has 5 rings (SSSR count). The molecule has 1 aromatic carbocycles. The van der Waals surface area contributed by atoms with Crippen molar-refractivity contribution in [2.24, 2.45) is 0 Å². The summed E-state index contributed by atoms with van der Waals surface area (Å²) in [5, 5.41) is 1.66. The molecule has 0 atom stereocenters. The predicted molar refractivity (Wildman–Crippen MR) is 107 cm³/mol. The van der Waals surface area contributed by atoms with Gasteiger partial charge in [-0.3, -0.25) is 9.78 Å². The van der Waals surface area contributed by atoms with E-state index in [-0.39, 0.29) is 11.2 Å². The number of benzene rings is 1. The summed E-state index contributed by atoms with van der Waals surface area (Å²) >= 11 is 3.18. The normalized spacial score (nSPS) is 14.7. The maximum absolute atomic E-state index is 13.3. The third-order valence-electron chi connectivity index (χ3n) is 5.00. The summed E-state index contributed by atoms with van der Waals surface area (Å²) in [7, 11) is 0. The van der Waals surface area contributed by atoms with Crippen LogP contribution in [0.2, 0.25) is 0 Å². The van der Waals surface area contributed by atoms with Crippen molar-refractivity contribution in [3.05, 3.63) is 54.5 Å². The number of hydrogen-bond donors (Lipinski definition) is 1. The zero-order valence-corrected chi connectivity index (χ0v) is 15.9. The topological polar surface area (TPSA) is 67.8 Å². The van der Waals surface area contributed by atoms with Gasteiger partial charge >= 0.3 is 5.69 Å². The van der Waals surface area contributed by atoms with Crippen LogP contribution in [0.15, 0.2) is 27.8 Å². The van der Waals surface area contributed by atoms with E-state index in [1.54, 1.807) is 22.7 Å². The largest absolute Gasteiger partial charge is 0.334 e. The number of nitrogens with one attached hydrogen (secondary N) is 1. The lowest BCUT2D eigenvalue weighted by atomic mass is 10.1. The van der Waals surface area contributed by atoms with Gasteiger partial charge in [0.05, 0.1) is 26.3 Å². The molecule has 0 saturated carbocycles. The molecule has 26 heavy (non-hydrogen) atoms. The Hall–Kier alpha value is -2.25. The van der Waals surface area contributed by atoms with E-state index in [9.17, 15) is 9.59 Å². The minimum atomic E-state index is -0.384. The van der Waals surface area contributed by atoms with Gasteiger partial charge in [-0.05, 0) is 56.4 Å². The molecule has 0 saturated heterocycles. The van der Waals surface area contributed by atoms with E-state index in [4.69, 9.17) is 0 Å². The molecule has 0 fully saturated rings. The molecule has 0 aliphatic heterocycles. The van der Waals surface area contributed by atoms with Crippen LogP contribution in [0.3, 0.4) is 0 Å². The molecule has 0 radical (unpaired) electrons. The standard InChI is InChI=1S/C19H17N3O2S2/c1-10-20-13-9-11(7-8-15(13)25-10)22-18(23)16-12-5-3-2-4-6-14(12)26-17(16)21-19(22)24/h7-9H,2-6H2,1H3,(H,21,24). The van der Waals surface area contributed by atoms with E-state index < -0.39 is 0 Å². The van der Waals surface area contributed by atoms with Gasteiger partial charge in [-0.25, -0.2) is 14.3 Å². The van der Waals surface area contributed by atoms with Crippen molar-refractivity contribution in [1.82, 2.24) is 14.5 Å². The monoisotopic (exact) mass is 383 g/mol. The summed E-state index contributed by atoms with van der Waals surface area (Å²) < 4.78 is 2.31. The number of aromatic nitrogens is 3. The molecular weight excluding hydrogens is 366 g/mol. The van der Waals surface area contributed by atoms with E-state index in [1.165, 1.54) is 15.9 Å². The molecule has 0 bridgehead atoms. The Bertz CT molecular complexity index is 1280. The highest BCUT2D eigenvalue weighted by molar-refractivity contribution is 7.19. The Morgan fingerprint density at radius 1 is 1.12 bits per heavy atom. The van der Waals surface area contributed by atoms with Gasteiger partial charge < -0.3 is 0 Å². The van der Waals surface area contributed by atoms with Crippen molar-refractivity contribution in [2.75, 3.05) is 0 Å². The predicted octanol–water partition coefficient (Wildman–Crippen LogP) is 3.93. The molecule has 1 N–H and O–H groups in total.